The molecule has 0 N–H and O–H groups in total. The summed E-state index contributed by atoms with van der Waals surface area (Å²) >= 11 is 0. The van der Waals surface area contributed by atoms with Crippen LogP contribution in [0.15, 0.2) is 42.5 Å². The summed E-state index contributed by atoms with van der Waals surface area (Å²) in [5.74, 6) is -1.60. The molecule has 5 heteroatoms. The van der Waals surface area contributed by atoms with E-state index in [1.807, 2.05) is 31.2 Å². The lowest BCUT2D eigenvalue weighted by Crippen LogP contribution is -2.39. The molecule has 1 heterocycles. The second-order valence-corrected chi connectivity index (χ2v) is 7.20. The predicted octanol–water partition coefficient (Wildman–Crippen LogP) is 4.55. The highest BCUT2D eigenvalue weighted by Gasteiger charge is 2.43. The SMILES string of the molecule is Cc1cccc(C2C(=O)N(C(=O)OC(C)(C)C)c3ccc(F)cc32)c1. The van der Waals surface area contributed by atoms with Crippen molar-refractivity contribution in [2.24, 2.45) is 0 Å². The van der Waals surface area contributed by atoms with Crippen molar-refractivity contribution in [1.29, 1.82) is 0 Å². The summed E-state index contributed by atoms with van der Waals surface area (Å²) in [7, 11) is 0. The third-order valence-corrected chi connectivity index (χ3v) is 3.96. The molecule has 1 unspecified atom stereocenters. The average molecular weight is 341 g/mol. The fourth-order valence-corrected chi connectivity index (χ4v) is 3.01. The number of rotatable bonds is 1. The molecule has 0 spiro atoms. The Kier molecular flexibility index (Phi) is 4.11. The van der Waals surface area contributed by atoms with Crippen LogP contribution in [0, 0.1) is 12.7 Å². The second kappa shape index (κ2) is 5.99. The number of ether oxygens (including phenoxy) is 1. The molecule has 130 valence electrons. The number of halogens is 1. The molecule has 2 aromatic rings. The van der Waals surface area contributed by atoms with Gasteiger partial charge in [-0.1, -0.05) is 29.8 Å². The molecule has 0 radical (unpaired) electrons. The molecule has 0 saturated heterocycles. The molecule has 0 bridgehead atoms. The van der Waals surface area contributed by atoms with Crippen LogP contribution < -0.4 is 4.90 Å². The van der Waals surface area contributed by atoms with E-state index >= 15 is 0 Å². The highest BCUT2D eigenvalue weighted by atomic mass is 19.1. The van der Waals surface area contributed by atoms with Gasteiger partial charge in [0.1, 0.15) is 11.4 Å². The van der Waals surface area contributed by atoms with Gasteiger partial charge in [0.15, 0.2) is 0 Å². The Bertz CT molecular complexity index is 854. The van der Waals surface area contributed by atoms with Crippen molar-refractivity contribution in [2.75, 3.05) is 4.90 Å². The fourth-order valence-electron chi connectivity index (χ4n) is 3.01. The van der Waals surface area contributed by atoms with Gasteiger partial charge in [-0.3, -0.25) is 4.79 Å². The number of nitrogens with zero attached hydrogens (tertiary/aromatic N) is 1. The first-order valence-electron chi connectivity index (χ1n) is 8.10. The molecule has 1 aliphatic rings. The Morgan fingerprint density at radius 2 is 1.88 bits per heavy atom. The number of fused-ring (bicyclic) bond motifs is 1. The number of anilines is 1. The molecular weight excluding hydrogens is 321 g/mol. The van der Waals surface area contributed by atoms with E-state index < -0.39 is 29.3 Å². The molecule has 2 amide bonds. The average Bonchev–Trinajstić information content (AvgIpc) is 2.76. The van der Waals surface area contributed by atoms with Crippen LogP contribution in [0.1, 0.15) is 43.4 Å². The fraction of sp³-hybridized carbons (Fsp3) is 0.300. The van der Waals surface area contributed by atoms with Crippen LogP contribution in [-0.2, 0) is 9.53 Å². The number of imide groups is 1. The number of benzene rings is 2. The summed E-state index contributed by atoms with van der Waals surface area (Å²) in [6.07, 6.45) is -0.750. The summed E-state index contributed by atoms with van der Waals surface area (Å²) in [5.41, 5.74) is 1.81. The number of hydrogen-bond donors (Lipinski definition) is 0. The lowest BCUT2D eigenvalue weighted by molar-refractivity contribution is -0.118. The van der Waals surface area contributed by atoms with Crippen molar-refractivity contribution >= 4 is 17.7 Å². The molecule has 3 rings (SSSR count). The molecule has 1 atom stereocenters. The maximum absolute atomic E-state index is 13.8. The highest BCUT2D eigenvalue weighted by Crippen LogP contribution is 2.42. The maximum atomic E-state index is 13.8. The van der Waals surface area contributed by atoms with Crippen molar-refractivity contribution < 1.29 is 18.7 Å². The molecule has 0 saturated carbocycles. The summed E-state index contributed by atoms with van der Waals surface area (Å²) in [6.45, 7) is 7.11. The van der Waals surface area contributed by atoms with Gasteiger partial charge in [-0.05, 0) is 57.0 Å². The first kappa shape index (κ1) is 17.1. The van der Waals surface area contributed by atoms with Crippen molar-refractivity contribution in [1.82, 2.24) is 0 Å². The molecular formula is C20H20FNO3. The normalized spacial score (nSPS) is 16.8. The molecule has 0 aliphatic carbocycles. The first-order chi connectivity index (χ1) is 11.7. The number of amides is 2. The van der Waals surface area contributed by atoms with Crippen LogP contribution in [0.5, 0.6) is 0 Å². The van der Waals surface area contributed by atoms with Gasteiger partial charge in [0.2, 0.25) is 5.91 Å². The van der Waals surface area contributed by atoms with E-state index in [1.165, 1.54) is 18.2 Å². The summed E-state index contributed by atoms with van der Waals surface area (Å²) in [6, 6.07) is 11.4. The molecule has 25 heavy (non-hydrogen) atoms. The van der Waals surface area contributed by atoms with Gasteiger partial charge in [0.05, 0.1) is 11.6 Å². The van der Waals surface area contributed by atoms with Gasteiger partial charge >= 0.3 is 6.09 Å². The van der Waals surface area contributed by atoms with E-state index in [9.17, 15) is 14.0 Å². The number of carbonyl (C=O) groups is 2. The highest BCUT2D eigenvalue weighted by molar-refractivity contribution is 6.20. The van der Waals surface area contributed by atoms with Crippen LogP contribution in [-0.4, -0.2) is 17.6 Å². The van der Waals surface area contributed by atoms with E-state index in [2.05, 4.69) is 0 Å². The van der Waals surface area contributed by atoms with E-state index in [1.54, 1.807) is 20.8 Å². The Morgan fingerprint density at radius 1 is 1.16 bits per heavy atom. The maximum Gasteiger partial charge on any atom is 0.421 e. The topological polar surface area (TPSA) is 46.6 Å². The van der Waals surface area contributed by atoms with Crippen molar-refractivity contribution in [3.8, 4) is 0 Å². The van der Waals surface area contributed by atoms with Crippen LogP contribution in [0.3, 0.4) is 0 Å². The smallest absolute Gasteiger partial charge is 0.421 e. The standard InChI is InChI=1S/C20H20FNO3/c1-12-6-5-7-13(10-12)17-15-11-14(21)8-9-16(15)22(18(17)23)19(24)25-20(2,3)4/h5-11,17H,1-4H3. The lowest BCUT2D eigenvalue weighted by atomic mass is 9.91. The third kappa shape index (κ3) is 3.27. The van der Waals surface area contributed by atoms with Crippen LogP contribution in [0.2, 0.25) is 0 Å². The van der Waals surface area contributed by atoms with Gasteiger partial charge in [-0.25, -0.2) is 14.1 Å². The van der Waals surface area contributed by atoms with E-state index in [-0.39, 0.29) is 0 Å². The van der Waals surface area contributed by atoms with Gasteiger partial charge in [-0.2, -0.15) is 0 Å². The van der Waals surface area contributed by atoms with Gasteiger partial charge in [0, 0.05) is 0 Å². The van der Waals surface area contributed by atoms with Crippen LogP contribution >= 0.6 is 0 Å². The zero-order chi connectivity index (χ0) is 18.4. The molecule has 0 fully saturated rings. The monoisotopic (exact) mass is 341 g/mol. The molecule has 0 aromatic heterocycles. The number of carbonyl (C=O) groups excluding carboxylic acids is 2. The van der Waals surface area contributed by atoms with Crippen molar-refractivity contribution in [3.63, 3.8) is 0 Å². The molecule has 1 aliphatic heterocycles. The Balaban J connectivity index is 2.10. The molecule has 4 nitrogen and oxygen atoms in total. The Morgan fingerprint density at radius 3 is 2.52 bits per heavy atom. The Hall–Kier alpha value is -2.69. The second-order valence-electron chi connectivity index (χ2n) is 7.20. The largest absolute Gasteiger partial charge is 0.443 e. The quantitative estimate of drug-likeness (QED) is 0.764. The minimum Gasteiger partial charge on any atom is -0.443 e. The predicted molar refractivity (Wildman–Crippen MR) is 93.1 cm³/mol. The van der Waals surface area contributed by atoms with Crippen LogP contribution in [0.25, 0.3) is 0 Å². The summed E-state index contributed by atoms with van der Waals surface area (Å²) in [5, 5.41) is 0. The zero-order valence-corrected chi connectivity index (χ0v) is 14.7. The van der Waals surface area contributed by atoms with Crippen molar-refractivity contribution in [3.05, 3.63) is 65.0 Å². The summed E-state index contributed by atoms with van der Waals surface area (Å²) < 4.78 is 19.2. The van der Waals surface area contributed by atoms with E-state index in [4.69, 9.17) is 4.74 Å². The third-order valence-electron chi connectivity index (χ3n) is 3.96. The van der Waals surface area contributed by atoms with E-state index in [0.717, 1.165) is 16.0 Å². The minimum absolute atomic E-state index is 0.368. The van der Waals surface area contributed by atoms with E-state index in [0.29, 0.717) is 11.3 Å². The Labute approximate surface area is 146 Å². The van der Waals surface area contributed by atoms with Gasteiger partial charge in [0.25, 0.3) is 0 Å². The zero-order valence-electron chi connectivity index (χ0n) is 14.7. The first-order valence-corrected chi connectivity index (χ1v) is 8.10. The minimum atomic E-state index is -0.750. The summed E-state index contributed by atoms with van der Waals surface area (Å²) in [4.78, 5) is 26.6. The van der Waals surface area contributed by atoms with Gasteiger partial charge < -0.3 is 4.74 Å². The van der Waals surface area contributed by atoms with Crippen molar-refractivity contribution in [2.45, 2.75) is 39.2 Å². The number of aryl methyl sites for hydroxylation is 1. The number of hydrogen-bond acceptors (Lipinski definition) is 3. The van der Waals surface area contributed by atoms with Gasteiger partial charge in [-0.15, -0.1) is 0 Å². The molecule has 2 aromatic carbocycles. The lowest BCUT2D eigenvalue weighted by Gasteiger charge is -2.24. The van der Waals surface area contributed by atoms with Crippen LogP contribution in [0.4, 0.5) is 14.9 Å².